The van der Waals surface area contributed by atoms with Gasteiger partial charge in [-0.2, -0.15) is 0 Å². The van der Waals surface area contributed by atoms with Gasteiger partial charge < -0.3 is 19.2 Å². The van der Waals surface area contributed by atoms with Crippen LogP contribution in [0.3, 0.4) is 0 Å². The number of fused-ring (bicyclic) bond motifs is 3. The molecule has 0 saturated heterocycles. The quantitative estimate of drug-likeness (QED) is 0.343. The van der Waals surface area contributed by atoms with Gasteiger partial charge in [-0.1, -0.05) is 35.9 Å². The van der Waals surface area contributed by atoms with E-state index in [4.69, 9.17) is 25.5 Å². The lowest BCUT2D eigenvalue weighted by Gasteiger charge is -2.18. The molecule has 162 valence electrons. The molecular weight excluding hydrogens is 440 g/mol. The van der Waals surface area contributed by atoms with Crippen molar-refractivity contribution in [2.24, 2.45) is 0 Å². The van der Waals surface area contributed by atoms with Crippen molar-refractivity contribution < 1.29 is 18.7 Å². The third-order valence-electron chi connectivity index (χ3n) is 5.55. The number of hydrogen-bond acceptors (Lipinski definition) is 5. The molecule has 33 heavy (non-hydrogen) atoms. The average molecular weight is 457 g/mol. The lowest BCUT2D eigenvalue weighted by molar-refractivity contribution is 0.102. The summed E-state index contributed by atoms with van der Waals surface area (Å²) >= 11 is 6.35. The molecule has 5 aromatic rings. The Morgan fingerprint density at radius 3 is 2.61 bits per heavy atom. The fourth-order valence-corrected chi connectivity index (χ4v) is 4.20. The number of anilines is 1. The molecule has 0 fully saturated rings. The molecule has 6 nitrogen and oxygen atoms in total. The molecule has 1 N–H and O–H groups in total. The zero-order valence-electron chi connectivity index (χ0n) is 17.3. The van der Waals surface area contributed by atoms with Crippen LogP contribution in [-0.4, -0.2) is 24.1 Å². The summed E-state index contributed by atoms with van der Waals surface area (Å²) in [5.74, 6) is 1.46. The van der Waals surface area contributed by atoms with E-state index in [2.05, 4.69) is 10.3 Å². The van der Waals surface area contributed by atoms with Gasteiger partial charge in [-0.05, 0) is 53.9 Å². The summed E-state index contributed by atoms with van der Waals surface area (Å²) in [6.07, 6.45) is 0. The number of ether oxygens (including phenoxy) is 2. The highest BCUT2D eigenvalue weighted by molar-refractivity contribution is 6.35. The third-order valence-corrected chi connectivity index (χ3v) is 5.88. The largest absolute Gasteiger partial charge is 0.486 e. The van der Waals surface area contributed by atoms with Gasteiger partial charge in [0.15, 0.2) is 17.1 Å². The zero-order valence-corrected chi connectivity index (χ0v) is 18.1. The number of hydrogen-bond donors (Lipinski definition) is 1. The van der Waals surface area contributed by atoms with Crippen LogP contribution in [-0.2, 0) is 0 Å². The molecule has 0 spiro atoms. The summed E-state index contributed by atoms with van der Waals surface area (Å²) in [5, 5.41) is 5.48. The molecular formula is C26H17ClN2O4. The number of nitrogens with one attached hydrogen (secondary N) is 1. The fraction of sp³-hybridized carbons (Fsp3) is 0.0769. The van der Waals surface area contributed by atoms with Crippen molar-refractivity contribution in [3.8, 4) is 23.0 Å². The molecule has 2 heterocycles. The Morgan fingerprint density at radius 1 is 0.879 bits per heavy atom. The summed E-state index contributed by atoms with van der Waals surface area (Å²) in [6, 6.07) is 22.1. The molecule has 1 aliphatic rings. The fourth-order valence-electron chi connectivity index (χ4n) is 3.97. The van der Waals surface area contributed by atoms with Gasteiger partial charge >= 0.3 is 0 Å². The second-order valence-corrected chi connectivity index (χ2v) is 8.06. The van der Waals surface area contributed by atoms with Crippen molar-refractivity contribution in [2.75, 3.05) is 18.5 Å². The first-order valence-electron chi connectivity index (χ1n) is 10.4. The molecule has 1 amide bonds. The van der Waals surface area contributed by atoms with Crippen LogP contribution < -0.4 is 14.8 Å². The molecule has 0 atom stereocenters. The summed E-state index contributed by atoms with van der Waals surface area (Å²) < 4.78 is 17.1. The van der Waals surface area contributed by atoms with Crippen LogP contribution in [0.15, 0.2) is 77.2 Å². The van der Waals surface area contributed by atoms with Gasteiger partial charge in [0.05, 0.1) is 0 Å². The van der Waals surface area contributed by atoms with E-state index in [1.165, 1.54) is 0 Å². The second-order valence-electron chi connectivity index (χ2n) is 7.65. The number of nitrogens with zero attached hydrogens (tertiary/aromatic N) is 1. The van der Waals surface area contributed by atoms with Gasteiger partial charge in [0.25, 0.3) is 5.91 Å². The number of benzene rings is 4. The maximum Gasteiger partial charge on any atom is 0.255 e. The van der Waals surface area contributed by atoms with Crippen LogP contribution in [0.5, 0.6) is 11.5 Å². The summed E-state index contributed by atoms with van der Waals surface area (Å²) in [5.41, 5.74) is 3.22. The van der Waals surface area contributed by atoms with Gasteiger partial charge in [0.2, 0.25) is 5.89 Å². The number of halogens is 1. The molecule has 7 heteroatoms. The van der Waals surface area contributed by atoms with E-state index < -0.39 is 0 Å². The molecule has 0 saturated carbocycles. The molecule has 0 bridgehead atoms. The Balaban J connectivity index is 1.31. The highest BCUT2D eigenvalue weighted by atomic mass is 35.5. The van der Waals surface area contributed by atoms with E-state index in [1.54, 1.807) is 36.4 Å². The smallest absolute Gasteiger partial charge is 0.255 e. The lowest BCUT2D eigenvalue weighted by atomic mass is 10.0. The van der Waals surface area contributed by atoms with Gasteiger partial charge in [0.1, 0.15) is 18.7 Å². The van der Waals surface area contributed by atoms with Crippen LogP contribution in [0.1, 0.15) is 10.4 Å². The van der Waals surface area contributed by atoms with Crippen molar-refractivity contribution in [2.45, 2.75) is 0 Å². The van der Waals surface area contributed by atoms with E-state index >= 15 is 0 Å². The first kappa shape index (κ1) is 19.6. The molecule has 0 aliphatic carbocycles. The van der Waals surface area contributed by atoms with Gasteiger partial charge in [0, 0.05) is 27.2 Å². The minimum absolute atomic E-state index is 0.251. The first-order chi connectivity index (χ1) is 16.2. The minimum atomic E-state index is -0.251. The standard InChI is InChI=1S/C26H17ClN2O4/c27-20-6-2-3-17-18(20)4-1-5-19(17)26-29-21-14-16(8-10-22(21)33-26)28-25(30)15-7-9-23-24(13-15)32-12-11-31-23/h1-10,13-14H,11-12H2,(H,28,30). The van der Waals surface area contributed by atoms with Crippen molar-refractivity contribution in [3.05, 3.63) is 83.4 Å². The lowest BCUT2D eigenvalue weighted by Crippen LogP contribution is -2.17. The number of aromatic nitrogens is 1. The molecule has 0 radical (unpaired) electrons. The van der Waals surface area contributed by atoms with Crippen molar-refractivity contribution in [1.82, 2.24) is 4.98 Å². The Kier molecular flexibility index (Phi) is 4.66. The van der Waals surface area contributed by atoms with E-state index in [1.807, 2.05) is 36.4 Å². The predicted molar refractivity (Wildman–Crippen MR) is 127 cm³/mol. The molecule has 1 aliphatic heterocycles. The van der Waals surface area contributed by atoms with Crippen LogP contribution in [0, 0.1) is 0 Å². The van der Waals surface area contributed by atoms with Crippen LogP contribution in [0.25, 0.3) is 33.3 Å². The minimum Gasteiger partial charge on any atom is -0.486 e. The highest BCUT2D eigenvalue weighted by Gasteiger charge is 2.16. The maximum atomic E-state index is 12.8. The predicted octanol–water partition coefficient (Wildman–Crippen LogP) is 6.32. The summed E-state index contributed by atoms with van der Waals surface area (Å²) in [7, 11) is 0. The maximum absolute atomic E-state index is 12.8. The first-order valence-corrected chi connectivity index (χ1v) is 10.8. The third kappa shape index (κ3) is 3.54. The van der Waals surface area contributed by atoms with Crippen LogP contribution >= 0.6 is 11.6 Å². The van der Waals surface area contributed by atoms with Crippen molar-refractivity contribution in [1.29, 1.82) is 0 Å². The number of amides is 1. The van der Waals surface area contributed by atoms with Crippen molar-refractivity contribution >= 4 is 45.1 Å². The Morgan fingerprint density at radius 2 is 1.70 bits per heavy atom. The normalized spacial score (nSPS) is 12.8. The highest BCUT2D eigenvalue weighted by Crippen LogP contribution is 2.34. The SMILES string of the molecule is O=C(Nc1ccc2oc(-c3cccc4c(Cl)cccc34)nc2c1)c1ccc2c(c1)OCCO2. The van der Waals surface area contributed by atoms with Crippen LogP contribution in [0.4, 0.5) is 5.69 Å². The van der Waals surface area contributed by atoms with E-state index in [0.29, 0.717) is 58.0 Å². The number of carbonyl (C=O) groups is 1. The number of carbonyl (C=O) groups excluding carboxylic acids is 1. The number of oxazole rings is 1. The van der Waals surface area contributed by atoms with Gasteiger partial charge in [-0.3, -0.25) is 4.79 Å². The second kappa shape index (κ2) is 7.83. The molecule has 6 rings (SSSR count). The Hall–Kier alpha value is -4.03. The van der Waals surface area contributed by atoms with Gasteiger partial charge in [-0.15, -0.1) is 0 Å². The Labute approximate surface area is 193 Å². The number of rotatable bonds is 3. The monoisotopic (exact) mass is 456 g/mol. The summed E-state index contributed by atoms with van der Waals surface area (Å²) in [6.45, 7) is 0.968. The van der Waals surface area contributed by atoms with Crippen LogP contribution in [0.2, 0.25) is 5.02 Å². The zero-order chi connectivity index (χ0) is 22.4. The summed E-state index contributed by atoms with van der Waals surface area (Å²) in [4.78, 5) is 17.4. The molecule has 1 aromatic heterocycles. The van der Waals surface area contributed by atoms with E-state index in [0.717, 1.165) is 16.3 Å². The van der Waals surface area contributed by atoms with E-state index in [-0.39, 0.29) is 5.91 Å². The topological polar surface area (TPSA) is 73.6 Å². The van der Waals surface area contributed by atoms with Crippen molar-refractivity contribution in [3.63, 3.8) is 0 Å². The molecule has 0 unspecified atom stereocenters. The van der Waals surface area contributed by atoms with E-state index in [9.17, 15) is 4.79 Å². The average Bonchev–Trinajstić information content (AvgIpc) is 3.27. The van der Waals surface area contributed by atoms with Gasteiger partial charge in [-0.25, -0.2) is 4.98 Å². The molecule has 4 aromatic carbocycles. The Bertz CT molecular complexity index is 1540.